The fourth-order valence-corrected chi connectivity index (χ4v) is 0.979. The van der Waals surface area contributed by atoms with Crippen LogP contribution in [0.4, 0.5) is 32.0 Å². The van der Waals surface area contributed by atoms with E-state index in [1.165, 1.54) is 0 Å². The zero-order chi connectivity index (χ0) is 14.0. The molecule has 0 spiro atoms. The van der Waals surface area contributed by atoms with Gasteiger partial charge in [0.15, 0.2) is 0 Å². The van der Waals surface area contributed by atoms with Crippen LogP contribution in [0.2, 0.25) is 0 Å². The molecule has 0 heterocycles. The molecule has 1 aromatic rings. The lowest BCUT2D eigenvalue weighted by Gasteiger charge is -2.09. The predicted molar refractivity (Wildman–Crippen MR) is 51.9 cm³/mol. The van der Waals surface area contributed by atoms with Gasteiger partial charge in [-0.1, -0.05) is 0 Å². The summed E-state index contributed by atoms with van der Waals surface area (Å²) in [5, 5.41) is 0. The molecular weight excluding hydrogens is 264 g/mol. The SMILES string of the molecule is C/C(=N/c1ccc(OC(F)(F)F)cc1)C(F)(F)F. The van der Waals surface area contributed by atoms with Gasteiger partial charge in [-0.3, -0.25) is 0 Å². The maximum absolute atomic E-state index is 12.1. The normalized spacial score (nSPS) is 13.6. The highest BCUT2D eigenvalue weighted by atomic mass is 19.4. The average molecular weight is 271 g/mol. The topological polar surface area (TPSA) is 21.6 Å². The first-order valence-corrected chi connectivity index (χ1v) is 4.56. The van der Waals surface area contributed by atoms with Crippen molar-refractivity contribution in [3.63, 3.8) is 0 Å². The highest BCUT2D eigenvalue weighted by Crippen LogP contribution is 2.26. The van der Waals surface area contributed by atoms with Crippen molar-refractivity contribution in [2.75, 3.05) is 0 Å². The third kappa shape index (κ3) is 4.64. The van der Waals surface area contributed by atoms with E-state index in [0.717, 1.165) is 31.2 Å². The maximum atomic E-state index is 12.1. The molecule has 0 fully saturated rings. The Morgan fingerprint density at radius 3 is 1.89 bits per heavy atom. The summed E-state index contributed by atoms with van der Waals surface area (Å²) in [5.41, 5.74) is -1.20. The lowest BCUT2D eigenvalue weighted by atomic mass is 10.3. The second-order valence-corrected chi connectivity index (χ2v) is 3.24. The number of benzene rings is 1. The lowest BCUT2D eigenvalue weighted by Crippen LogP contribution is -2.18. The Morgan fingerprint density at radius 1 is 1.00 bits per heavy atom. The van der Waals surface area contributed by atoms with Gasteiger partial charge >= 0.3 is 12.5 Å². The van der Waals surface area contributed by atoms with Crippen molar-refractivity contribution in [2.24, 2.45) is 4.99 Å². The molecule has 1 rings (SSSR count). The molecule has 0 aliphatic rings. The number of rotatable bonds is 2. The highest BCUT2D eigenvalue weighted by Gasteiger charge is 2.32. The Morgan fingerprint density at radius 2 is 1.50 bits per heavy atom. The Kier molecular flexibility index (Phi) is 3.88. The molecule has 0 radical (unpaired) electrons. The third-order valence-electron chi connectivity index (χ3n) is 1.78. The molecule has 0 amide bonds. The van der Waals surface area contributed by atoms with Crippen molar-refractivity contribution in [2.45, 2.75) is 19.5 Å². The van der Waals surface area contributed by atoms with Crippen LogP contribution in [0.3, 0.4) is 0 Å². The van der Waals surface area contributed by atoms with Crippen LogP contribution in [-0.2, 0) is 0 Å². The van der Waals surface area contributed by atoms with Crippen molar-refractivity contribution < 1.29 is 31.1 Å². The van der Waals surface area contributed by atoms with E-state index in [1.807, 2.05) is 0 Å². The number of hydrogen-bond acceptors (Lipinski definition) is 2. The Labute approximate surface area is 97.9 Å². The van der Waals surface area contributed by atoms with Gasteiger partial charge in [0.05, 0.1) is 5.69 Å². The summed E-state index contributed by atoms with van der Waals surface area (Å²) in [4.78, 5) is 3.22. The predicted octanol–water partition coefficient (Wildman–Crippen LogP) is 4.24. The highest BCUT2D eigenvalue weighted by molar-refractivity contribution is 5.89. The monoisotopic (exact) mass is 271 g/mol. The van der Waals surface area contributed by atoms with Gasteiger partial charge in [0.2, 0.25) is 0 Å². The summed E-state index contributed by atoms with van der Waals surface area (Å²) >= 11 is 0. The number of alkyl halides is 6. The van der Waals surface area contributed by atoms with Crippen LogP contribution in [0.5, 0.6) is 5.75 Å². The first kappa shape index (κ1) is 14.3. The second-order valence-electron chi connectivity index (χ2n) is 3.24. The minimum absolute atomic E-state index is 0.112. The minimum atomic E-state index is -4.84. The number of ether oxygens (including phenoxy) is 1. The first-order valence-electron chi connectivity index (χ1n) is 4.56. The van der Waals surface area contributed by atoms with Gasteiger partial charge in [-0.25, -0.2) is 4.99 Å². The second kappa shape index (κ2) is 4.87. The van der Waals surface area contributed by atoms with Gasteiger partial charge in [0.1, 0.15) is 11.5 Å². The average Bonchev–Trinajstić information content (AvgIpc) is 2.17. The molecule has 0 N–H and O–H groups in total. The fraction of sp³-hybridized carbons (Fsp3) is 0.300. The summed E-state index contributed by atoms with van der Waals surface area (Å²) in [6.07, 6.45) is -9.41. The van der Waals surface area contributed by atoms with E-state index in [-0.39, 0.29) is 5.69 Å². The van der Waals surface area contributed by atoms with Crippen LogP contribution in [0.15, 0.2) is 29.3 Å². The summed E-state index contributed by atoms with van der Waals surface area (Å²) < 4.78 is 75.4. The van der Waals surface area contributed by atoms with Crippen molar-refractivity contribution in [1.82, 2.24) is 0 Å². The smallest absolute Gasteiger partial charge is 0.406 e. The van der Waals surface area contributed by atoms with Crippen molar-refractivity contribution in [3.8, 4) is 5.75 Å². The molecule has 0 unspecified atom stereocenters. The molecule has 0 aromatic heterocycles. The number of aliphatic imine (C=N–C) groups is 1. The Balaban J connectivity index is 2.84. The summed E-state index contributed by atoms with van der Waals surface area (Å²) in [6.45, 7) is 0.764. The van der Waals surface area contributed by atoms with E-state index < -0.39 is 24.0 Å². The van der Waals surface area contributed by atoms with Crippen molar-refractivity contribution in [1.29, 1.82) is 0 Å². The van der Waals surface area contributed by atoms with E-state index in [2.05, 4.69) is 9.73 Å². The van der Waals surface area contributed by atoms with E-state index in [4.69, 9.17) is 0 Å². The molecule has 0 atom stereocenters. The zero-order valence-electron chi connectivity index (χ0n) is 8.93. The van der Waals surface area contributed by atoms with E-state index >= 15 is 0 Å². The molecule has 8 heteroatoms. The molecular formula is C10H7F6NO. The van der Waals surface area contributed by atoms with Crippen LogP contribution in [0.1, 0.15) is 6.92 Å². The Hall–Kier alpha value is -1.73. The molecule has 100 valence electrons. The molecule has 18 heavy (non-hydrogen) atoms. The van der Waals surface area contributed by atoms with Crippen molar-refractivity contribution >= 4 is 11.4 Å². The van der Waals surface area contributed by atoms with E-state index in [9.17, 15) is 26.3 Å². The standard InChI is InChI=1S/C10H7F6NO/c1-6(9(11,12)13)17-7-2-4-8(5-3-7)18-10(14,15)16/h2-5H,1H3/b17-6-. The molecule has 0 bridgehead atoms. The van der Waals surface area contributed by atoms with Gasteiger partial charge in [-0.05, 0) is 31.2 Å². The lowest BCUT2D eigenvalue weighted by molar-refractivity contribution is -0.274. The third-order valence-corrected chi connectivity index (χ3v) is 1.78. The maximum Gasteiger partial charge on any atom is 0.573 e. The molecule has 0 saturated heterocycles. The summed E-state index contributed by atoms with van der Waals surface area (Å²) in [6, 6.07) is 3.76. The number of nitrogens with zero attached hydrogens (tertiary/aromatic N) is 1. The fourth-order valence-electron chi connectivity index (χ4n) is 0.979. The molecule has 0 aliphatic carbocycles. The van der Waals surface area contributed by atoms with Crippen LogP contribution < -0.4 is 4.74 Å². The van der Waals surface area contributed by atoms with E-state index in [0.29, 0.717) is 0 Å². The van der Waals surface area contributed by atoms with Crippen LogP contribution in [0.25, 0.3) is 0 Å². The largest absolute Gasteiger partial charge is 0.573 e. The van der Waals surface area contributed by atoms with Crippen LogP contribution in [-0.4, -0.2) is 18.3 Å². The number of halogens is 6. The minimum Gasteiger partial charge on any atom is -0.406 e. The van der Waals surface area contributed by atoms with Crippen LogP contribution in [0, 0.1) is 0 Å². The van der Waals surface area contributed by atoms with Gasteiger partial charge in [0.25, 0.3) is 0 Å². The first-order chi connectivity index (χ1) is 8.08. The van der Waals surface area contributed by atoms with Gasteiger partial charge < -0.3 is 4.74 Å². The van der Waals surface area contributed by atoms with Gasteiger partial charge in [-0.2, -0.15) is 13.2 Å². The van der Waals surface area contributed by atoms with E-state index in [1.54, 1.807) is 0 Å². The molecule has 1 aromatic carbocycles. The van der Waals surface area contributed by atoms with Crippen molar-refractivity contribution in [3.05, 3.63) is 24.3 Å². The summed E-state index contributed by atoms with van der Waals surface area (Å²) in [7, 11) is 0. The molecule has 0 saturated carbocycles. The quantitative estimate of drug-likeness (QED) is 0.582. The molecule has 2 nitrogen and oxygen atoms in total. The Bertz CT molecular complexity index is 431. The number of hydrogen-bond donors (Lipinski definition) is 0. The van der Waals surface area contributed by atoms with Crippen LogP contribution >= 0.6 is 0 Å². The summed E-state index contributed by atoms with van der Waals surface area (Å²) in [5.74, 6) is -0.522. The van der Waals surface area contributed by atoms with Gasteiger partial charge in [0, 0.05) is 0 Å². The van der Waals surface area contributed by atoms with Gasteiger partial charge in [-0.15, -0.1) is 13.2 Å². The molecule has 0 aliphatic heterocycles. The zero-order valence-corrected chi connectivity index (χ0v) is 8.93.